The number of amides is 1. The molecule has 0 aromatic heterocycles. The van der Waals surface area contributed by atoms with E-state index in [0.717, 1.165) is 22.4 Å². The molecule has 0 bridgehead atoms. The van der Waals surface area contributed by atoms with E-state index in [4.69, 9.17) is 5.14 Å². The van der Waals surface area contributed by atoms with E-state index in [-0.39, 0.29) is 11.7 Å². The summed E-state index contributed by atoms with van der Waals surface area (Å²) in [5, 5.41) is 8.25. The Labute approximate surface area is 148 Å². The van der Waals surface area contributed by atoms with E-state index in [1.54, 1.807) is 24.3 Å². The van der Waals surface area contributed by atoms with E-state index in [9.17, 15) is 9.59 Å². The first-order valence-corrected chi connectivity index (χ1v) is 8.80. The normalized spacial score (nSPS) is 11.0. The SMILES string of the molecule is CC.CC(=O)C(Cc1ccccc1)NC(=O)c1ccc(SN)cc1. The zero-order valence-electron chi connectivity index (χ0n) is 14.3. The van der Waals surface area contributed by atoms with Crippen LogP contribution in [0.1, 0.15) is 36.7 Å². The van der Waals surface area contributed by atoms with Crippen LogP contribution in [0.2, 0.25) is 0 Å². The summed E-state index contributed by atoms with van der Waals surface area (Å²) in [7, 11) is 0. The van der Waals surface area contributed by atoms with Crippen molar-refractivity contribution in [3.63, 3.8) is 0 Å². The van der Waals surface area contributed by atoms with Crippen LogP contribution in [-0.2, 0) is 11.2 Å². The number of carbonyl (C=O) groups excluding carboxylic acids is 2. The van der Waals surface area contributed by atoms with Crippen LogP contribution < -0.4 is 10.5 Å². The summed E-state index contributed by atoms with van der Waals surface area (Å²) in [5.74, 6) is -0.323. The minimum atomic E-state index is -0.529. The van der Waals surface area contributed by atoms with Crippen molar-refractivity contribution in [2.45, 2.75) is 38.1 Å². The summed E-state index contributed by atoms with van der Waals surface area (Å²) in [5.41, 5.74) is 1.52. The van der Waals surface area contributed by atoms with Crippen LogP contribution in [0.5, 0.6) is 0 Å². The van der Waals surface area contributed by atoms with Gasteiger partial charge in [0, 0.05) is 10.5 Å². The van der Waals surface area contributed by atoms with Gasteiger partial charge in [0.15, 0.2) is 5.78 Å². The second-order valence-corrected chi connectivity index (χ2v) is 5.68. The zero-order chi connectivity index (χ0) is 17.9. The van der Waals surface area contributed by atoms with Gasteiger partial charge in [0.25, 0.3) is 5.91 Å². The molecule has 0 saturated carbocycles. The average molecular weight is 344 g/mol. The lowest BCUT2D eigenvalue weighted by molar-refractivity contribution is -0.118. The van der Waals surface area contributed by atoms with Crippen molar-refractivity contribution in [3.8, 4) is 0 Å². The minimum absolute atomic E-state index is 0.0636. The molecule has 128 valence electrons. The maximum atomic E-state index is 12.2. The Balaban J connectivity index is 0.00000139. The Kier molecular flexibility index (Phi) is 8.83. The van der Waals surface area contributed by atoms with Gasteiger partial charge < -0.3 is 5.32 Å². The molecule has 0 radical (unpaired) electrons. The van der Waals surface area contributed by atoms with Crippen molar-refractivity contribution in [3.05, 3.63) is 65.7 Å². The summed E-state index contributed by atoms with van der Waals surface area (Å²) >= 11 is 1.12. The van der Waals surface area contributed by atoms with Crippen LogP contribution in [0.15, 0.2) is 59.5 Å². The molecule has 0 saturated heterocycles. The van der Waals surface area contributed by atoms with Gasteiger partial charge in [-0.25, -0.2) is 0 Å². The summed E-state index contributed by atoms with van der Waals surface area (Å²) in [6.07, 6.45) is 0.485. The highest BCUT2D eigenvalue weighted by atomic mass is 32.2. The van der Waals surface area contributed by atoms with Gasteiger partial charge in [0.1, 0.15) is 0 Å². The van der Waals surface area contributed by atoms with Gasteiger partial charge in [-0.15, -0.1) is 0 Å². The van der Waals surface area contributed by atoms with E-state index in [2.05, 4.69) is 5.32 Å². The highest BCUT2D eigenvalue weighted by Gasteiger charge is 2.18. The lowest BCUT2D eigenvalue weighted by Gasteiger charge is -2.16. The summed E-state index contributed by atoms with van der Waals surface area (Å²) in [4.78, 5) is 24.9. The molecule has 0 spiro atoms. The molecule has 2 aromatic rings. The fraction of sp³-hybridized carbons (Fsp3) is 0.263. The van der Waals surface area contributed by atoms with Gasteiger partial charge in [0.2, 0.25) is 0 Å². The van der Waals surface area contributed by atoms with Crippen molar-refractivity contribution in [2.75, 3.05) is 0 Å². The molecule has 1 amide bonds. The lowest BCUT2D eigenvalue weighted by atomic mass is 10.0. The number of Topliss-reactive ketones (excluding diaryl/α,β-unsaturated/α-hetero) is 1. The van der Waals surface area contributed by atoms with E-state index in [1.807, 2.05) is 44.2 Å². The average Bonchev–Trinajstić information content (AvgIpc) is 2.63. The second-order valence-electron chi connectivity index (χ2n) is 4.97. The lowest BCUT2D eigenvalue weighted by Crippen LogP contribution is -2.41. The molecule has 0 aliphatic carbocycles. The van der Waals surface area contributed by atoms with Gasteiger partial charge in [-0.3, -0.25) is 14.7 Å². The molecule has 1 unspecified atom stereocenters. The molecule has 2 rings (SSSR count). The standard InChI is InChI=1S/C17H18N2O2S.C2H6/c1-12(20)16(11-13-5-3-2-4-6-13)19-17(21)14-7-9-15(22-18)10-8-14;1-2/h2-10,16H,11,18H2,1H3,(H,19,21);1-2H3. The maximum Gasteiger partial charge on any atom is 0.251 e. The first kappa shape index (κ1) is 19.9. The number of nitrogens with two attached hydrogens (primary N) is 1. The number of ketones is 1. The Morgan fingerprint density at radius 1 is 1.04 bits per heavy atom. The third-order valence-corrected chi connectivity index (χ3v) is 3.88. The summed E-state index contributed by atoms with van der Waals surface area (Å²) in [6, 6.07) is 16.0. The molecule has 0 aliphatic heterocycles. The van der Waals surface area contributed by atoms with Crippen molar-refractivity contribution < 1.29 is 9.59 Å². The number of benzene rings is 2. The van der Waals surface area contributed by atoms with Crippen LogP contribution in [0.3, 0.4) is 0 Å². The molecule has 3 N–H and O–H groups in total. The van der Waals surface area contributed by atoms with Gasteiger partial charge in [-0.1, -0.05) is 44.2 Å². The van der Waals surface area contributed by atoms with Crippen molar-refractivity contribution in [1.29, 1.82) is 0 Å². The molecule has 2 aromatic carbocycles. The highest BCUT2D eigenvalue weighted by Crippen LogP contribution is 2.13. The van der Waals surface area contributed by atoms with Gasteiger partial charge in [-0.2, -0.15) is 0 Å². The van der Waals surface area contributed by atoms with E-state index in [0.29, 0.717) is 12.0 Å². The molecule has 5 heteroatoms. The van der Waals surface area contributed by atoms with E-state index < -0.39 is 6.04 Å². The third kappa shape index (κ3) is 6.18. The molecule has 0 aliphatic rings. The molecule has 0 heterocycles. The second kappa shape index (κ2) is 10.6. The van der Waals surface area contributed by atoms with Gasteiger partial charge in [-0.05, 0) is 55.1 Å². The number of nitrogens with one attached hydrogen (secondary N) is 1. The predicted molar refractivity (Wildman–Crippen MR) is 99.9 cm³/mol. The smallest absolute Gasteiger partial charge is 0.251 e. The Bertz CT molecular complexity index is 642. The molecular weight excluding hydrogens is 320 g/mol. The fourth-order valence-corrected chi connectivity index (χ4v) is 2.37. The fourth-order valence-electron chi connectivity index (χ4n) is 2.07. The molecule has 4 nitrogen and oxygen atoms in total. The first-order chi connectivity index (χ1) is 11.6. The Morgan fingerprint density at radius 3 is 2.12 bits per heavy atom. The van der Waals surface area contributed by atoms with Crippen LogP contribution >= 0.6 is 11.9 Å². The monoisotopic (exact) mass is 344 g/mol. The largest absolute Gasteiger partial charge is 0.342 e. The van der Waals surface area contributed by atoms with Crippen LogP contribution in [-0.4, -0.2) is 17.7 Å². The molecule has 0 fully saturated rings. The van der Waals surface area contributed by atoms with Crippen molar-refractivity contribution in [1.82, 2.24) is 5.32 Å². The van der Waals surface area contributed by atoms with Gasteiger partial charge >= 0.3 is 0 Å². The van der Waals surface area contributed by atoms with Crippen LogP contribution in [0.25, 0.3) is 0 Å². The summed E-state index contributed by atoms with van der Waals surface area (Å²) in [6.45, 7) is 5.49. The molecule has 24 heavy (non-hydrogen) atoms. The Hall–Kier alpha value is -2.11. The van der Waals surface area contributed by atoms with Crippen LogP contribution in [0, 0.1) is 0 Å². The number of hydrogen-bond acceptors (Lipinski definition) is 4. The van der Waals surface area contributed by atoms with Gasteiger partial charge in [0.05, 0.1) is 6.04 Å². The number of hydrogen-bond donors (Lipinski definition) is 2. The quantitative estimate of drug-likeness (QED) is 0.785. The zero-order valence-corrected chi connectivity index (χ0v) is 15.1. The van der Waals surface area contributed by atoms with Crippen LogP contribution in [0.4, 0.5) is 0 Å². The molecule has 1 atom stereocenters. The Morgan fingerprint density at radius 2 is 1.62 bits per heavy atom. The van der Waals surface area contributed by atoms with Crippen molar-refractivity contribution >= 4 is 23.6 Å². The topological polar surface area (TPSA) is 72.2 Å². The number of carbonyl (C=O) groups is 2. The number of rotatable bonds is 6. The van der Waals surface area contributed by atoms with E-state index in [1.165, 1.54) is 6.92 Å². The van der Waals surface area contributed by atoms with E-state index >= 15 is 0 Å². The third-order valence-electron chi connectivity index (χ3n) is 3.33. The predicted octanol–water partition coefficient (Wildman–Crippen LogP) is 3.61. The summed E-state index contributed by atoms with van der Waals surface area (Å²) < 4.78 is 0. The maximum absolute atomic E-state index is 12.2. The first-order valence-electron chi connectivity index (χ1n) is 7.92. The highest BCUT2D eigenvalue weighted by molar-refractivity contribution is 7.97. The minimum Gasteiger partial charge on any atom is -0.342 e. The van der Waals surface area contributed by atoms with Crippen molar-refractivity contribution in [2.24, 2.45) is 5.14 Å². The molecular formula is C19H24N2O2S.